The fraction of sp³-hybridized carbons (Fsp3) is 0.0500. The monoisotopic (exact) mass is 523 g/mol. The van der Waals surface area contributed by atoms with Crippen molar-refractivity contribution >= 4 is 16.7 Å². The van der Waals surface area contributed by atoms with Crippen molar-refractivity contribution in [1.82, 2.24) is 14.8 Å². The quantitative estimate of drug-likeness (QED) is 0.406. The van der Waals surface area contributed by atoms with Gasteiger partial charge < -0.3 is 5.11 Å². The minimum Gasteiger partial charge on any atom is -0.476 e. The van der Waals surface area contributed by atoms with Gasteiger partial charge in [0.1, 0.15) is 0 Å². The van der Waals surface area contributed by atoms with E-state index in [1.165, 1.54) is 11.8 Å². The molecule has 2 heterocycles. The Bertz CT molecular complexity index is 978. The third-order valence-electron chi connectivity index (χ3n) is 3.58. The molecule has 4 aromatic rings. The second-order valence-electron chi connectivity index (χ2n) is 5.39. The van der Waals surface area contributed by atoms with Gasteiger partial charge in [0.15, 0.2) is 5.69 Å². The first-order valence-corrected chi connectivity index (χ1v) is 7.70. The Labute approximate surface area is 164 Å². The van der Waals surface area contributed by atoms with E-state index in [4.69, 9.17) is 5.11 Å². The Kier molecular flexibility index (Phi) is 6.78. The zero-order chi connectivity index (χ0) is 17.6. The molecule has 133 valence electrons. The predicted molar refractivity (Wildman–Crippen MR) is 95.8 cm³/mol. The number of rotatable bonds is 2. The number of fused-ring (bicyclic) bond motifs is 1. The zero-order valence-corrected chi connectivity index (χ0v) is 16.4. The minimum atomic E-state index is -0.989. The molecule has 0 bridgehead atoms. The van der Waals surface area contributed by atoms with Gasteiger partial charge in [-0.15, -0.1) is 6.07 Å². The van der Waals surface area contributed by atoms with Crippen molar-refractivity contribution in [3.8, 4) is 5.69 Å². The van der Waals surface area contributed by atoms with Gasteiger partial charge >= 0.3 is 5.97 Å². The van der Waals surface area contributed by atoms with Crippen LogP contribution in [0.3, 0.4) is 0 Å². The molecule has 0 fully saturated rings. The van der Waals surface area contributed by atoms with E-state index in [9.17, 15) is 4.79 Å². The van der Waals surface area contributed by atoms with Crippen LogP contribution in [-0.2, 0) is 20.1 Å². The van der Waals surface area contributed by atoms with E-state index in [1.807, 2.05) is 49.5 Å². The summed E-state index contributed by atoms with van der Waals surface area (Å²) in [4.78, 5) is 14.6. The van der Waals surface area contributed by atoms with Crippen LogP contribution in [0.4, 0.5) is 0 Å². The number of carboxylic acids is 1. The van der Waals surface area contributed by atoms with Gasteiger partial charge in [-0.3, -0.25) is 4.68 Å². The molecule has 0 spiro atoms. The summed E-state index contributed by atoms with van der Waals surface area (Å²) in [5.41, 5.74) is 2.30. The molecule has 0 saturated heterocycles. The average Bonchev–Trinajstić information content (AvgIpc) is 3.17. The molecule has 5 nitrogen and oxygen atoms in total. The van der Waals surface area contributed by atoms with Crippen LogP contribution in [0.15, 0.2) is 73.2 Å². The van der Waals surface area contributed by atoms with E-state index < -0.39 is 5.97 Å². The molecule has 0 atom stereocenters. The normalized spacial score (nSPS) is 9.73. The van der Waals surface area contributed by atoms with Gasteiger partial charge in [-0.05, 0) is 23.2 Å². The summed E-state index contributed by atoms with van der Waals surface area (Å²) >= 11 is 0. The number of benzene rings is 2. The number of aryl methyl sites for hydroxylation is 1. The Hall–Kier alpha value is -2.82. The van der Waals surface area contributed by atoms with Gasteiger partial charge in [0.05, 0.1) is 0 Å². The molecule has 0 aliphatic heterocycles. The van der Waals surface area contributed by atoms with Crippen molar-refractivity contribution < 1.29 is 30.0 Å². The Morgan fingerprint density at radius 3 is 2.54 bits per heavy atom. The molecule has 6 heteroatoms. The topological polar surface area (TPSA) is 68.0 Å². The zero-order valence-electron chi connectivity index (χ0n) is 14.0. The van der Waals surface area contributed by atoms with Gasteiger partial charge in [-0.2, -0.15) is 28.9 Å². The third kappa shape index (κ3) is 4.63. The molecular weight excluding hydrogens is 506 g/mol. The molecule has 0 aliphatic carbocycles. The van der Waals surface area contributed by atoms with Gasteiger partial charge in [-0.1, -0.05) is 31.2 Å². The molecule has 1 radical (unpaired) electrons. The van der Waals surface area contributed by atoms with Crippen molar-refractivity contribution in [1.29, 1.82) is 0 Å². The van der Waals surface area contributed by atoms with Crippen LogP contribution >= 0.6 is 0 Å². The van der Waals surface area contributed by atoms with Crippen LogP contribution in [0.25, 0.3) is 16.5 Å². The van der Waals surface area contributed by atoms with E-state index in [0.29, 0.717) is 5.39 Å². The van der Waals surface area contributed by atoms with E-state index in [1.54, 1.807) is 29.1 Å². The average molecular weight is 523 g/mol. The fourth-order valence-corrected chi connectivity index (χ4v) is 2.34. The van der Waals surface area contributed by atoms with Crippen LogP contribution in [0.2, 0.25) is 0 Å². The van der Waals surface area contributed by atoms with Crippen LogP contribution in [-0.4, -0.2) is 25.8 Å². The number of nitrogens with zero attached hydrogens (tertiary/aromatic N) is 3. The summed E-state index contributed by atoms with van der Waals surface area (Å²) in [5, 5.41) is 14.5. The van der Waals surface area contributed by atoms with Crippen LogP contribution < -0.4 is 0 Å². The maximum atomic E-state index is 10.8. The maximum Gasteiger partial charge on any atom is 0.355 e. The van der Waals surface area contributed by atoms with Gasteiger partial charge in [0.25, 0.3) is 0 Å². The van der Waals surface area contributed by atoms with E-state index >= 15 is 0 Å². The van der Waals surface area contributed by atoms with Gasteiger partial charge in [0, 0.05) is 44.1 Å². The van der Waals surface area contributed by atoms with E-state index in [0.717, 1.165) is 11.1 Å². The number of pyridine rings is 1. The van der Waals surface area contributed by atoms with Crippen LogP contribution in [0.5, 0.6) is 0 Å². The number of aromatic carboxylic acids is 1. The fourth-order valence-electron chi connectivity index (χ4n) is 2.34. The Balaban J connectivity index is 0.000000180. The Morgan fingerprint density at radius 2 is 1.88 bits per heavy atom. The first-order valence-electron chi connectivity index (χ1n) is 7.70. The summed E-state index contributed by atoms with van der Waals surface area (Å²) in [7, 11) is 0. The molecule has 0 saturated carbocycles. The summed E-state index contributed by atoms with van der Waals surface area (Å²) in [6.07, 6.45) is 5.17. The van der Waals surface area contributed by atoms with Crippen molar-refractivity contribution in [3.63, 3.8) is 0 Å². The molecule has 1 N–H and O–H groups in total. The molecule has 2 aromatic carbocycles. The standard InChI is InChI=1S/C10H9N2.C10H7NO2.Ir/c1-9-3-5-10(6-4-9)12-8-2-7-11-12;12-10(13)9-8-4-2-1-3-7(8)5-6-11-9;/h2-5,7-8H,1H3;1-6H,(H,12,13);/q-1;;. The summed E-state index contributed by atoms with van der Waals surface area (Å²) in [6, 6.07) is 20.1. The third-order valence-corrected chi connectivity index (χ3v) is 3.58. The minimum absolute atomic E-state index is 0. The molecule has 0 unspecified atom stereocenters. The van der Waals surface area contributed by atoms with Crippen molar-refractivity contribution in [2.24, 2.45) is 0 Å². The van der Waals surface area contributed by atoms with E-state index in [-0.39, 0.29) is 25.8 Å². The first-order chi connectivity index (χ1) is 12.1. The number of hydrogen-bond donors (Lipinski definition) is 1. The van der Waals surface area contributed by atoms with Crippen molar-refractivity contribution in [3.05, 3.63) is 90.5 Å². The number of carboxylic acid groups (broad SMARTS) is 1. The van der Waals surface area contributed by atoms with Crippen molar-refractivity contribution in [2.75, 3.05) is 0 Å². The molecular formula is C20H16IrN3O2-. The molecule has 2 aromatic heterocycles. The molecule has 0 amide bonds. The number of hydrogen-bond acceptors (Lipinski definition) is 3. The molecule has 26 heavy (non-hydrogen) atoms. The van der Waals surface area contributed by atoms with E-state index in [2.05, 4.69) is 16.1 Å². The van der Waals surface area contributed by atoms with Gasteiger partial charge in [-0.25, -0.2) is 9.78 Å². The van der Waals surface area contributed by atoms with Crippen LogP contribution in [0.1, 0.15) is 16.1 Å². The predicted octanol–water partition coefficient (Wildman–Crippen LogP) is 3.91. The second kappa shape index (κ2) is 9.04. The first kappa shape index (κ1) is 19.5. The summed E-state index contributed by atoms with van der Waals surface area (Å²) in [5.74, 6) is -0.989. The second-order valence-corrected chi connectivity index (χ2v) is 5.39. The van der Waals surface area contributed by atoms with Gasteiger partial charge in [0.2, 0.25) is 0 Å². The Morgan fingerprint density at radius 1 is 1.08 bits per heavy atom. The maximum absolute atomic E-state index is 10.8. The summed E-state index contributed by atoms with van der Waals surface area (Å²) in [6.45, 7) is 2.05. The largest absolute Gasteiger partial charge is 0.476 e. The smallest absolute Gasteiger partial charge is 0.355 e. The van der Waals surface area contributed by atoms with Crippen molar-refractivity contribution in [2.45, 2.75) is 6.92 Å². The van der Waals surface area contributed by atoms with Crippen LogP contribution in [0, 0.1) is 13.0 Å². The molecule has 4 rings (SSSR count). The molecule has 0 aliphatic rings. The number of aromatic nitrogens is 3. The SMILES string of the molecule is Cc1c[c-]c(-n2cccn2)cc1.O=C(O)c1nccc2ccccc12.[Ir]. The summed E-state index contributed by atoms with van der Waals surface area (Å²) < 4.78 is 1.79. The number of carbonyl (C=O) groups is 1.